The van der Waals surface area contributed by atoms with Crippen molar-refractivity contribution in [3.63, 3.8) is 0 Å². The standard InChI is InChI=1S/C16H21N5O/c1-12(22)21-7-3-4-13(11-21)8-14-9-18-15(10-17-14)16-5-6-19-20(16)2/h5-6,9-10,13H,3-4,7-8,11H2,1-2H3. The number of piperidine rings is 1. The Hall–Kier alpha value is -2.24. The molecule has 6 nitrogen and oxygen atoms in total. The number of hydrogen-bond donors (Lipinski definition) is 0. The first-order valence-corrected chi connectivity index (χ1v) is 7.68. The first-order chi connectivity index (χ1) is 10.6. The molecule has 0 N–H and O–H groups in total. The van der Waals surface area contributed by atoms with E-state index in [1.807, 2.05) is 24.2 Å². The lowest BCUT2D eigenvalue weighted by Gasteiger charge is -2.31. The molecule has 0 aromatic carbocycles. The fourth-order valence-corrected chi connectivity index (χ4v) is 3.03. The van der Waals surface area contributed by atoms with Crippen LogP contribution in [0.25, 0.3) is 11.4 Å². The molecule has 1 aliphatic rings. The van der Waals surface area contributed by atoms with Crippen LogP contribution in [-0.4, -0.2) is 43.6 Å². The normalized spacial score (nSPS) is 18.5. The molecule has 116 valence electrons. The topological polar surface area (TPSA) is 63.9 Å². The van der Waals surface area contributed by atoms with E-state index in [0.717, 1.165) is 49.4 Å². The molecule has 3 rings (SSSR count). The maximum Gasteiger partial charge on any atom is 0.219 e. The van der Waals surface area contributed by atoms with Crippen molar-refractivity contribution in [3.05, 3.63) is 30.4 Å². The summed E-state index contributed by atoms with van der Waals surface area (Å²) in [5, 5.41) is 4.15. The van der Waals surface area contributed by atoms with Gasteiger partial charge in [-0.1, -0.05) is 0 Å². The van der Waals surface area contributed by atoms with Gasteiger partial charge in [-0.05, 0) is 31.2 Å². The van der Waals surface area contributed by atoms with Gasteiger partial charge in [0.2, 0.25) is 5.91 Å². The molecule has 0 spiro atoms. The molecule has 1 saturated heterocycles. The second-order valence-electron chi connectivity index (χ2n) is 5.91. The summed E-state index contributed by atoms with van der Waals surface area (Å²) < 4.78 is 1.79. The number of hydrogen-bond acceptors (Lipinski definition) is 4. The highest BCUT2D eigenvalue weighted by molar-refractivity contribution is 5.73. The summed E-state index contributed by atoms with van der Waals surface area (Å²) in [7, 11) is 1.89. The van der Waals surface area contributed by atoms with E-state index in [0.29, 0.717) is 5.92 Å². The Balaban J connectivity index is 1.66. The van der Waals surface area contributed by atoms with Gasteiger partial charge in [0.05, 0.1) is 17.6 Å². The van der Waals surface area contributed by atoms with Crippen molar-refractivity contribution < 1.29 is 4.79 Å². The lowest BCUT2D eigenvalue weighted by molar-refractivity contribution is -0.130. The van der Waals surface area contributed by atoms with Crippen molar-refractivity contribution in [2.24, 2.45) is 13.0 Å². The van der Waals surface area contributed by atoms with E-state index in [4.69, 9.17) is 0 Å². The summed E-state index contributed by atoms with van der Waals surface area (Å²) in [5.74, 6) is 0.650. The van der Waals surface area contributed by atoms with Crippen LogP contribution in [0.4, 0.5) is 0 Å². The van der Waals surface area contributed by atoms with Gasteiger partial charge in [0.15, 0.2) is 0 Å². The van der Waals surface area contributed by atoms with E-state index in [2.05, 4.69) is 15.1 Å². The van der Waals surface area contributed by atoms with Crippen LogP contribution >= 0.6 is 0 Å². The van der Waals surface area contributed by atoms with Crippen molar-refractivity contribution in [2.75, 3.05) is 13.1 Å². The minimum atomic E-state index is 0.169. The Kier molecular flexibility index (Phi) is 4.18. The minimum absolute atomic E-state index is 0.169. The number of rotatable bonds is 3. The number of aromatic nitrogens is 4. The van der Waals surface area contributed by atoms with Gasteiger partial charge in [0.25, 0.3) is 0 Å². The molecule has 1 fully saturated rings. The molecule has 1 amide bonds. The zero-order chi connectivity index (χ0) is 15.5. The lowest BCUT2D eigenvalue weighted by atomic mass is 9.93. The zero-order valence-corrected chi connectivity index (χ0v) is 13.1. The number of nitrogens with zero attached hydrogens (tertiary/aromatic N) is 5. The summed E-state index contributed by atoms with van der Waals surface area (Å²) in [6, 6.07) is 1.93. The monoisotopic (exact) mass is 299 g/mol. The molecule has 0 radical (unpaired) electrons. The van der Waals surface area contributed by atoms with E-state index in [1.165, 1.54) is 0 Å². The number of likely N-dealkylation sites (tertiary alicyclic amines) is 1. The van der Waals surface area contributed by atoms with E-state index < -0.39 is 0 Å². The Morgan fingerprint density at radius 3 is 2.86 bits per heavy atom. The van der Waals surface area contributed by atoms with Gasteiger partial charge in [0, 0.05) is 39.5 Å². The molecule has 2 aromatic heterocycles. The number of carbonyl (C=O) groups excluding carboxylic acids is 1. The molecule has 1 unspecified atom stereocenters. The fraction of sp³-hybridized carbons (Fsp3) is 0.500. The third kappa shape index (κ3) is 3.16. The predicted molar refractivity (Wildman–Crippen MR) is 82.9 cm³/mol. The minimum Gasteiger partial charge on any atom is -0.343 e. The molecule has 6 heteroatoms. The molecular formula is C16H21N5O. The first kappa shape index (κ1) is 14.7. The molecule has 0 aliphatic carbocycles. The van der Waals surface area contributed by atoms with E-state index in [1.54, 1.807) is 24.0 Å². The van der Waals surface area contributed by atoms with Gasteiger partial charge in [-0.25, -0.2) is 0 Å². The average Bonchev–Trinajstić information content (AvgIpc) is 2.94. The van der Waals surface area contributed by atoms with Crippen LogP contribution in [0.15, 0.2) is 24.7 Å². The first-order valence-electron chi connectivity index (χ1n) is 7.68. The Morgan fingerprint density at radius 1 is 1.36 bits per heavy atom. The lowest BCUT2D eigenvalue weighted by Crippen LogP contribution is -2.39. The fourth-order valence-electron chi connectivity index (χ4n) is 3.03. The van der Waals surface area contributed by atoms with Gasteiger partial charge < -0.3 is 4.90 Å². The van der Waals surface area contributed by atoms with Crippen LogP contribution in [-0.2, 0) is 18.3 Å². The summed E-state index contributed by atoms with van der Waals surface area (Å²) in [6.07, 6.45) is 8.50. The van der Waals surface area contributed by atoms with Gasteiger partial charge in [0.1, 0.15) is 5.69 Å². The van der Waals surface area contributed by atoms with Gasteiger partial charge in [-0.15, -0.1) is 0 Å². The highest BCUT2D eigenvalue weighted by Crippen LogP contribution is 2.21. The highest BCUT2D eigenvalue weighted by atomic mass is 16.2. The van der Waals surface area contributed by atoms with Crippen molar-refractivity contribution >= 4 is 5.91 Å². The van der Waals surface area contributed by atoms with Gasteiger partial charge >= 0.3 is 0 Å². The third-order valence-corrected chi connectivity index (χ3v) is 4.25. The third-order valence-electron chi connectivity index (χ3n) is 4.25. The molecule has 3 heterocycles. The smallest absolute Gasteiger partial charge is 0.219 e. The molecule has 0 bridgehead atoms. The van der Waals surface area contributed by atoms with Crippen molar-refractivity contribution in [1.82, 2.24) is 24.6 Å². The van der Waals surface area contributed by atoms with E-state index in [9.17, 15) is 4.79 Å². The summed E-state index contributed by atoms with van der Waals surface area (Å²) >= 11 is 0. The molecule has 0 saturated carbocycles. The Bertz CT molecular complexity index is 649. The van der Waals surface area contributed by atoms with Crippen LogP contribution < -0.4 is 0 Å². The van der Waals surface area contributed by atoms with Gasteiger partial charge in [-0.3, -0.25) is 19.4 Å². The summed E-state index contributed by atoms with van der Waals surface area (Å²) in [6.45, 7) is 3.36. The van der Waals surface area contributed by atoms with Crippen LogP contribution in [0.1, 0.15) is 25.5 Å². The number of carbonyl (C=O) groups is 1. The van der Waals surface area contributed by atoms with Crippen molar-refractivity contribution in [1.29, 1.82) is 0 Å². The molecule has 1 aliphatic heterocycles. The second-order valence-corrected chi connectivity index (χ2v) is 5.91. The van der Waals surface area contributed by atoms with E-state index >= 15 is 0 Å². The molecule has 22 heavy (non-hydrogen) atoms. The highest BCUT2D eigenvalue weighted by Gasteiger charge is 2.22. The van der Waals surface area contributed by atoms with Crippen LogP contribution in [0.3, 0.4) is 0 Å². The predicted octanol–water partition coefficient (Wildman–Crippen LogP) is 1.68. The van der Waals surface area contributed by atoms with Gasteiger partial charge in [-0.2, -0.15) is 5.10 Å². The van der Waals surface area contributed by atoms with Crippen LogP contribution in [0, 0.1) is 5.92 Å². The molecule has 2 aromatic rings. The summed E-state index contributed by atoms with van der Waals surface area (Å²) in [5.41, 5.74) is 2.78. The Labute approximate surface area is 130 Å². The number of aryl methyl sites for hydroxylation is 1. The van der Waals surface area contributed by atoms with E-state index in [-0.39, 0.29) is 5.91 Å². The quantitative estimate of drug-likeness (QED) is 0.865. The van der Waals surface area contributed by atoms with Crippen LogP contribution in [0.2, 0.25) is 0 Å². The van der Waals surface area contributed by atoms with Crippen LogP contribution in [0.5, 0.6) is 0 Å². The summed E-state index contributed by atoms with van der Waals surface area (Å²) in [4.78, 5) is 22.5. The molecular weight excluding hydrogens is 278 g/mol. The zero-order valence-electron chi connectivity index (χ0n) is 13.1. The Morgan fingerprint density at radius 2 is 2.23 bits per heavy atom. The average molecular weight is 299 g/mol. The second kappa shape index (κ2) is 6.25. The maximum atomic E-state index is 11.5. The maximum absolute atomic E-state index is 11.5. The largest absolute Gasteiger partial charge is 0.343 e. The number of amides is 1. The SMILES string of the molecule is CC(=O)N1CCCC(Cc2cnc(-c3ccnn3C)cn2)C1. The van der Waals surface area contributed by atoms with Crippen molar-refractivity contribution in [2.45, 2.75) is 26.2 Å². The molecule has 1 atom stereocenters. The van der Waals surface area contributed by atoms with Crippen molar-refractivity contribution in [3.8, 4) is 11.4 Å².